The van der Waals surface area contributed by atoms with E-state index >= 15 is 0 Å². The number of carbonyl (C=O) groups is 2. The molecule has 0 bridgehead atoms. The number of aromatic nitrogens is 2. The van der Waals surface area contributed by atoms with E-state index in [1.165, 1.54) is 4.90 Å². The van der Waals surface area contributed by atoms with Crippen LogP contribution in [0, 0.1) is 0 Å². The molecular weight excluding hydrogens is 360 g/mol. The van der Waals surface area contributed by atoms with E-state index < -0.39 is 5.97 Å². The Morgan fingerprint density at radius 2 is 2.07 bits per heavy atom. The SMILES string of the molecule is CNc1nc2ccc(CC(=O)N(C)c3ccc(C(C)CC(=O)O)cn3)cc2o1. The van der Waals surface area contributed by atoms with Crippen LogP contribution in [0.5, 0.6) is 0 Å². The first-order valence-corrected chi connectivity index (χ1v) is 8.89. The monoisotopic (exact) mass is 382 g/mol. The summed E-state index contributed by atoms with van der Waals surface area (Å²) < 4.78 is 5.55. The normalized spacial score (nSPS) is 12.0. The molecule has 1 atom stereocenters. The molecule has 0 radical (unpaired) electrons. The summed E-state index contributed by atoms with van der Waals surface area (Å²) in [4.78, 5) is 33.5. The molecule has 0 saturated carbocycles. The minimum Gasteiger partial charge on any atom is -0.481 e. The highest BCUT2D eigenvalue weighted by Gasteiger charge is 2.16. The molecule has 2 heterocycles. The van der Waals surface area contributed by atoms with Crippen molar-refractivity contribution in [3.63, 3.8) is 0 Å². The lowest BCUT2D eigenvalue weighted by Gasteiger charge is -2.17. The number of carboxylic acid groups (broad SMARTS) is 1. The second kappa shape index (κ2) is 8.08. The Bertz CT molecular complexity index is 997. The predicted octanol–water partition coefficient (Wildman–Crippen LogP) is 3.05. The Hall–Kier alpha value is -3.42. The van der Waals surface area contributed by atoms with Crippen molar-refractivity contribution in [3.05, 3.63) is 47.7 Å². The van der Waals surface area contributed by atoms with Crippen molar-refractivity contribution in [1.29, 1.82) is 0 Å². The van der Waals surface area contributed by atoms with Gasteiger partial charge in [0.05, 0.1) is 12.8 Å². The number of amides is 1. The Labute approximate surface area is 162 Å². The van der Waals surface area contributed by atoms with Gasteiger partial charge in [0.15, 0.2) is 5.58 Å². The molecule has 0 fully saturated rings. The summed E-state index contributed by atoms with van der Waals surface area (Å²) in [6, 6.07) is 9.43. The van der Waals surface area contributed by atoms with Gasteiger partial charge in [-0.1, -0.05) is 19.1 Å². The molecule has 0 aliphatic carbocycles. The topological polar surface area (TPSA) is 109 Å². The quantitative estimate of drug-likeness (QED) is 0.646. The third kappa shape index (κ3) is 4.28. The second-order valence-corrected chi connectivity index (χ2v) is 6.65. The molecule has 0 aliphatic heterocycles. The molecule has 1 aromatic carbocycles. The smallest absolute Gasteiger partial charge is 0.303 e. The van der Waals surface area contributed by atoms with Gasteiger partial charge in [0.1, 0.15) is 11.3 Å². The number of nitrogens with one attached hydrogen (secondary N) is 1. The van der Waals surface area contributed by atoms with Gasteiger partial charge in [-0.15, -0.1) is 0 Å². The Kier molecular flexibility index (Phi) is 5.58. The van der Waals surface area contributed by atoms with Crippen LogP contribution in [0.2, 0.25) is 0 Å². The number of nitrogens with zero attached hydrogens (tertiary/aromatic N) is 3. The molecular formula is C20H22N4O4. The van der Waals surface area contributed by atoms with E-state index in [9.17, 15) is 9.59 Å². The lowest BCUT2D eigenvalue weighted by atomic mass is 10.00. The molecule has 3 aromatic rings. The molecule has 0 saturated heterocycles. The van der Waals surface area contributed by atoms with E-state index in [-0.39, 0.29) is 24.7 Å². The van der Waals surface area contributed by atoms with Crippen molar-refractivity contribution in [2.45, 2.75) is 25.7 Å². The molecule has 3 rings (SSSR count). The summed E-state index contributed by atoms with van der Waals surface area (Å²) in [7, 11) is 3.39. The fraction of sp³-hybridized carbons (Fsp3) is 0.300. The largest absolute Gasteiger partial charge is 0.481 e. The Morgan fingerprint density at radius 3 is 2.71 bits per heavy atom. The van der Waals surface area contributed by atoms with Gasteiger partial charge in [-0.2, -0.15) is 4.98 Å². The average Bonchev–Trinajstić information content (AvgIpc) is 3.09. The highest BCUT2D eigenvalue weighted by molar-refractivity contribution is 5.93. The molecule has 8 nitrogen and oxygen atoms in total. The molecule has 8 heteroatoms. The third-order valence-electron chi connectivity index (χ3n) is 4.56. The Balaban J connectivity index is 1.69. The Morgan fingerprint density at radius 1 is 1.29 bits per heavy atom. The van der Waals surface area contributed by atoms with Crippen LogP contribution in [0.4, 0.5) is 11.8 Å². The average molecular weight is 382 g/mol. The zero-order valence-corrected chi connectivity index (χ0v) is 16.0. The summed E-state index contributed by atoms with van der Waals surface area (Å²) in [5.41, 5.74) is 2.98. The van der Waals surface area contributed by atoms with Crippen molar-refractivity contribution < 1.29 is 19.1 Å². The minimum atomic E-state index is -0.852. The minimum absolute atomic E-state index is 0.0369. The number of fused-ring (bicyclic) bond motifs is 1. The van der Waals surface area contributed by atoms with Gasteiger partial charge in [0.2, 0.25) is 5.91 Å². The predicted molar refractivity (Wildman–Crippen MR) is 106 cm³/mol. The first-order valence-electron chi connectivity index (χ1n) is 8.89. The third-order valence-corrected chi connectivity index (χ3v) is 4.56. The van der Waals surface area contributed by atoms with Crippen LogP contribution in [0.15, 0.2) is 40.9 Å². The van der Waals surface area contributed by atoms with E-state index in [2.05, 4.69) is 15.3 Å². The lowest BCUT2D eigenvalue weighted by Crippen LogP contribution is -2.28. The number of hydrogen-bond acceptors (Lipinski definition) is 6. The van der Waals surface area contributed by atoms with E-state index in [0.717, 1.165) is 16.6 Å². The van der Waals surface area contributed by atoms with Crippen LogP contribution in [0.25, 0.3) is 11.1 Å². The number of aliphatic carboxylic acids is 1. The number of oxazole rings is 1. The molecule has 28 heavy (non-hydrogen) atoms. The maximum Gasteiger partial charge on any atom is 0.303 e. The van der Waals surface area contributed by atoms with Crippen LogP contribution >= 0.6 is 0 Å². The van der Waals surface area contributed by atoms with Crippen molar-refractivity contribution in [1.82, 2.24) is 9.97 Å². The molecule has 1 unspecified atom stereocenters. The van der Waals surface area contributed by atoms with Gasteiger partial charge >= 0.3 is 5.97 Å². The van der Waals surface area contributed by atoms with Gasteiger partial charge in [0, 0.05) is 20.3 Å². The zero-order valence-electron chi connectivity index (χ0n) is 16.0. The number of benzene rings is 1. The molecule has 2 aromatic heterocycles. The number of pyridine rings is 1. The first-order chi connectivity index (χ1) is 13.4. The number of carbonyl (C=O) groups excluding carboxylic acids is 1. The summed E-state index contributed by atoms with van der Waals surface area (Å²) in [5, 5.41) is 11.7. The van der Waals surface area contributed by atoms with Crippen LogP contribution in [-0.2, 0) is 16.0 Å². The van der Waals surface area contributed by atoms with Gasteiger partial charge in [-0.3, -0.25) is 14.5 Å². The summed E-state index contributed by atoms with van der Waals surface area (Å²) in [6.45, 7) is 1.83. The highest BCUT2D eigenvalue weighted by atomic mass is 16.4. The number of anilines is 2. The fourth-order valence-electron chi connectivity index (χ4n) is 2.87. The van der Waals surface area contributed by atoms with Crippen molar-refractivity contribution in [3.8, 4) is 0 Å². The molecule has 146 valence electrons. The van der Waals surface area contributed by atoms with Crippen molar-refractivity contribution in [2.24, 2.45) is 0 Å². The molecule has 1 amide bonds. The number of rotatable bonds is 7. The van der Waals surface area contributed by atoms with Crippen molar-refractivity contribution in [2.75, 3.05) is 24.3 Å². The number of likely N-dealkylation sites (N-methyl/N-ethyl adjacent to an activating group) is 1. The van der Waals surface area contributed by atoms with Crippen LogP contribution < -0.4 is 10.2 Å². The van der Waals surface area contributed by atoms with Gasteiger partial charge in [-0.05, 0) is 35.2 Å². The molecule has 0 aliphatic rings. The number of hydrogen-bond donors (Lipinski definition) is 2. The van der Waals surface area contributed by atoms with Crippen LogP contribution in [-0.4, -0.2) is 41.0 Å². The second-order valence-electron chi connectivity index (χ2n) is 6.65. The van der Waals surface area contributed by atoms with E-state index in [1.54, 1.807) is 38.5 Å². The maximum absolute atomic E-state index is 12.6. The molecule has 0 spiro atoms. The van der Waals surface area contributed by atoms with E-state index in [4.69, 9.17) is 9.52 Å². The summed E-state index contributed by atoms with van der Waals surface area (Å²) >= 11 is 0. The van der Waals surface area contributed by atoms with Crippen LogP contribution in [0.3, 0.4) is 0 Å². The van der Waals surface area contributed by atoms with Crippen LogP contribution in [0.1, 0.15) is 30.4 Å². The van der Waals surface area contributed by atoms with E-state index in [1.807, 2.05) is 19.1 Å². The summed E-state index contributed by atoms with van der Waals surface area (Å²) in [6.07, 6.45) is 1.85. The fourth-order valence-corrected chi connectivity index (χ4v) is 2.87. The van der Waals surface area contributed by atoms with Crippen molar-refractivity contribution >= 4 is 34.8 Å². The van der Waals surface area contributed by atoms with E-state index in [0.29, 0.717) is 17.4 Å². The lowest BCUT2D eigenvalue weighted by molar-refractivity contribution is -0.137. The summed E-state index contributed by atoms with van der Waals surface area (Å²) in [5.74, 6) is -0.605. The number of carboxylic acids is 1. The van der Waals surface area contributed by atoms with Gasteiger partial charge in [0.25, 0.3) is 6.01 Å². The first kappa shape index (κ1) is 19.3. The van der Waals surface area contributed by atoms with Gasteiger partial charge in [-0.25, -0.2) is 4.98 Å². The molecule has 2 N–H and O–H groups in total. The zero-order chi connectivity index (χ0) is 20.3. The highest BCUT2D eigenvalue weighted by Crippen LogP contribution is 2.22. The van der Waals surface area contributed by atoms with Gasteiger partial charge < -0.3 is 14.8 Å². The standard InChI is InChI=1S/C20H22N4O4/c1-12(8-19(26)27)14-5-7-17(22-11-14)24(3)18(25)10-13-4-6-15-16(9-13)28-20(21-2)23-15/h4-7,9,11-12H,8,10H2,1-3H3,(H,21,23)(H,26,27). The maximum atomic E-state index is 12.6.